The van der Waals surface area contributed by atoms with Gasteiger partial charge in [-0.2, -0.15) is 8.42 Å². The number of hydrogen-bond acceptors (Lipinski definition) is 5. The Hall–Kier alpha value is -1.11. The predicted molar refractivity (Wildman–Crippen MR) is 105 cm³/mol. The summed E-state index contributed by atoms with van der Waals surface area (Å²) in [5, 5.41) is 0. The first kappa shape index (κ1) is 22.9. The predicted octanol–water partition coefficient (Wildman–Crippen LogP) is 4.35. The second kappa shape index (κ2) is 14.0. The molecule has 0 aliphatic rings. The van der Waals surface area contributed by atoms with E-state index in [1.165, 1.54) is 44.1 Å². The highest BCUT2D eigenvalue weighted by atomic mass is 32.2. The monoisotopic (exact) mass is 386 g/mol. The summed E-state index contributed by atoms with van der Waals surface area (Å²) in [6.07, 6.45) is 8.63. The van der Waals surface area contributed by atoms with Crippen LogP contribution in [0.2, 0.25) is 0 Å². The molecule has 0 fully saturated rings. The molecule has 1 aromatic rings. The van der Waals surface area contributed by atoms with Gasteiger partial charge in [0.25, 0.3) is 0 Å². The molecule has 6 heteroatoms. The van der Waals surface area contributed by atoms with Crippen molar-refractivity contribution in [2.75, 3.05) is 32.2 Å². The summed E-state index contributed by atoms with van der Waals surface area (Å²) in [6, 6.07) is 7.32. The third-order valence-electron chi connectivity index (χ3n) is 4.02. The number of hydrogen-bond donors (Lipinski definition) is 0. The van der Waals surface area contributed by atoms with E-state index in [9.17, 15) is 8.42 Å². The van der Waals surface area contributed by atoms with Crippen LogP contribution in [0.15, 0.2) is 24.3 Å². The van der Waals surface area contributed by atoms with E-state index in [2.05, 4.69) is 6.92 Å². The van der Waals surface area contributed by atoms with Gasteiger partial charge in [-0.1, -0.05) is 51.2 Å². The van der Waals surface area contributed by atoms with Crippen LogP contribution in [-0.4, -0.2) is 40.6 Å². The largest absolute Gasteiger partial charge is 0.382 e. The zero-order valence-electron chi connectivity index (χ0n) is 16.2. The van der Waals surface area contributed by atoms with E-state index in [4.69, 9.17) is 13.7 Å². The van der Waals surface area contributed by atoms with Crippen molar-refractivity contribution in [3.05, 3.63) is 29.8 Å². The van der Waals surface area contributed by atoms with E-state index in [0.717, 1.165) is 6.42 Å². The minimum Gasteiger partial charge on any atom is -0.382 e. The molecular formula is C20H34O5S. The van der Waals surface area contributed by atoms with Crippen molar-refractivity contribution in [1.29, 1.82) is 0 Å². The molecule has 0 amide bonds. The van der Waals surface area contributed by atoms with Crippen LogP contribution in [0.3, 0.4) is 0 Å². The van der Waals surface area contributed by atoms with Gasteiger partial charge < -0.3 is 13.7 Å². The normalized spacial score (nSPS) is 11.6. The van der Waals surface area contributed by atoms with Crippen molar-refractivity contribution < 1.29 is 22.1 Å². The maximum atomic E-state index is 11.9. The van der Waals surface area contributed by atoms with Crippen molar-refractivity contribution in [2.24, 2.45) is 0 Å². The Morgan fingerprint density at radius 2 is 1.46 bits per heavy atom. The van der Waals surface area contributed by atoms with Crippen molar-refractivity contribution in [3.63, 3.8) is 0 Å². The zero-order chi connectivity index (χ0) is 19.1. The van der Waals surface area contributed by atoms with Gasteiger partial charge in [0.2, 0.25) is 0 Å². The number of aryl methyl sites for hydroxylation is 1. The topological polar surface area (TPSA) is 61.8 Å². The number of benzene rings is 1. The SMILES string of the molecule is CCCCCCCCc1ccc(OS(=O)(=O)CCOCCOCC)cc1. The van der Waals surface area contributed by atoms with Crippen LogP contribution in [0.25, 0.3) is 0 Å². The van der Waals surface area contributed by atoms with Gasteiger partial charge in [0, 0.05) is 6.61 Å². The summed E-state index contributed by atoms with van der Waals surface area (Å²) in [4.78, 5) is 0. The maximum Gasteiger partial charge on any atom is 0.311 e. The van der Waals surface area contributed by atoms with Crippen LogP contribution in [0.5, 0.6) is 5.75 Å². The van der Waals surface area contributed by atoms with E-state index in [1.807, 2.05) is 19.1 Å². The average molecular weight is 387 g/mol. The van der Waals surface area contributed by atoms with Crippen LogP contribution < -0.4 is 4.18 Å². The fourth-order valence-electron chi connectivity index (χ4n) is 2.53. The number of ether oxygens (including phenoxy) is 2. The van der Waals surface area contributed by atoms with Gasteiger partial charge in [-0.15, -0.1) is 0 Å². The molecule has 0 N–H and O–H groups in total. The molecule has 0 saturated heterocycles. The van der Waals surface area contributed by atoms with Gasteiger partial charge in [-0.3, -0.25) is 0 Å². The van der Waals surface area contributed by atoms with E-state index in [0.29, 0.717) is 25.6 Å². The van der Waals surface area contributed by atoms with E-state index in [1.54, 1.807) is 12.1 Å². The molecule has 0 radical (unpaired) electrons. The zero-order valence-corrected chi connectivity index (χ0v) is 17.1. The summed E-state index contributed by atoms with van der Waals surface area (Å²) in [5.41, 5.74) is 1.21. The van der Waals surface area contributed by atoms with Crippen LogP contribution in [0.4, 0.5) is 0 Å². The Kier molecular flexibility index (Phi) is 12.4. The van der Waals surface area contributed by atoms with Crippen LogP contribution in [0.1, 0.15) is 57.9 Å². The Balaban J connectivity index is 2.25. The molecule has 1 rings (SSSR count). The summed E-state index contributed by atoms with van der Waals surface area (Å²) >= 11 is 0. The Morgan fingerprint density at radius 1 is 0.808 bits per heavy atom. The lowest BCUT2D eigenvalue weighted by molar-refractivity contribution is 0.0587. The summed E-state index contributed by atoms with van der Waals surface area (Å²) in [6.45, 7) is 5.70. The molecule has 0 saturated carbocycles. The third kappa shape index (κ3) is 11.5. The number of rotatable bonds is 16. The fraction of sp³-hybridized carbons (Fsp3) is 0.700. The molecule has 0 bridgehead atoms. The highest BCUT2D eigenvalue weighted by Crippen LogP contribution is 2.17. The second-order valence-corrected chi connectivity index (χ2v) is 8.01. The van der Waals surface area contributed by atoms with Crippen molar-refractivity contribution >= 4 is 10.1 Å². The molecule has 0 atom stereocenters. The van der Waals surface area contributed by atoms with Gasteiger partial charge in [-0.05, 0) is 37.5 Å². The summed E-state index contributed by atoms with van der Waals surface area (Å²) in [7, 11) is -3.64. The third-order valence-corrected chi connectivity index (χ3v) is 5.13. The first-order chi connectivity index (χ1) is 12.6. The molecule has 0 aromatic heterocycles. The van der Waals surface area contributed by atoms with Gasteiger partial charge in [0.05, 0.1) is 19.8 Å². The summed E-state index contributed by atoms with van der Waals surface area (Å²) in [5.74, 6) is 0.185. The molecule has 5 nitrogen and oxygen atoms in total. The van der Waals surface area contributed by atoms with Gasteiger partial charge in [-0.25, -0.2) is 0 Å². The van der Waals surface area contributed by atoms with Gasteiger partial charge >= 0.3 is 10.1 Å². The molecule has 0 aliphatic heterocycles. The molecule has 1 aromatic carbocycles. The molecule has 0 unspecified atom stereocenters. The van der Waals surface area contributed by atoms with Crippen LogP contribution >= 0.6 is 0 Å². The first-order valence-electron chi connectivity index (χ1n) is 9.74. The molecule has 150 valence electrons. The van der Waals surface area contributed by atoms with E-state index >= 15 is 0 Å². The minimum absolute atomic E-state index is 0.103. The lowest BCUT2D eigenvalue weighted by Gasteiger charge is -2.08. The first-order valence-corrected chi connectivity index (χ1v) is 11.3. The Labute approximate surface area is 159 Å². The fourth-order valence-corrected chi connectivity index (χ4v) is 3.34. The molecule has 0 spiro atoms. The van der Waals surface area contributed by atoms with Gasteiger partial charge in [0.15, 0.2) is 0 Å². The smallest absolute Gasteiger partial charge is 0.311 e. The average Bonchev–Trinajstić information content (AvgIpc) is 2.62. The number of unbranched alkanes of at least 4 members (excludes halogenated alkanes) is 5. The van der Waals surface area contributed by atoms with Crippen molar-refractivity contribution in [2.45, 2.75) is 58.8 Å². The quantitative estimate of drug-likeness (QED) is 0.312. The van der Waals surface area contributed by atoms with Crippen LogP contribution in [-0.2, 0) is 26.0 Å². The highest BCUT2D eigenvalue weighted by Gasteiger charge is 2.12. The maximum absolute atomic E-state index is 11.9. The second-order valence-electron chi connectivity index (χ2n) is 6.32. The van der Waals surface area contributed by atoms with E-state index in [-0.39, 0.29) is 12.4 Å². The highest BCUT2D eigenvalue weighted by molar-refractivity contribution is 7.87. The standard InChI is InChI=1S/C20H34O5S/c1-3-5-6-7-8-9-10-19-11-13-20(14-12-19)25-26(21,22)18-17-24-16-15-23-4-2/h11-14H,3-10,15-18H2,1-2H3. The molecule has 26 heavy (non-hydrogen) atoms. The Morgan fingerprint density at radius 3 is 2.15 bits per heavy atom. The minimum atomic E-state index is -3.64. The van der Waals surface area contributed by atoms with E-state index < -0.39 is 10.1 Å². The molecular weight excluding hydrogens is 352 g/mol. The van der Waals surface area contributed by atoms with Crippen LogP contribution in [0, 0.1) is 0 Å². The lowest BCUT2D eigenvalue weighted by atomic mass is 10.1. The van der Waals surface area contributed by atoms with Gasteiger partial charge in [0.1, 0.15) is 11.5 Å². The summed E-state index contributed by atoms with van der Waals surface area (Å²) < 4.78 is 39.3. The van der Waals surface area contributed by atoms with Crippen molar-refractivity contribution in [3.8, 4) is 5.75 Å². The van der Waals surface area contributed by atoms with Crippen molar-refractivity contribution in [1.82, 2.24) is 0 Å². The molecule has 0 heterocycles. The lowest BCUT2D eigenvalue weighted by Crippen LogP contribution is -2.19. The Bertz CT molecular complexity index is 554. The molecule has 0 aliphatic carbocycles.